The lowest BCUT2D eigenvalue weighted by Gasteiger charge is -2.35. The number of aromatic nitrogens is 7. The molecule has 0 amide bonds. The largest absolute Gasteiger partial charge is 0.458 e. The average molecular weight is 904 g/mol. The van der Waals surface area contributed by atoms with Crippen molar-refractivity contribution >= 4 is 44.9 Å². The Hall–Kier alpha value is -8.56. The fourth-order valence-electron chi connectivity index (χ4n) is 10.2. The minimum atomic E-state index is -0.148. The van der Waals surface area contributed by atoms with E-state index in [9.17, 15) is 0 Å². The molecular formula is C61H46BN7O. The van der Waals surface area contributed by atoms with Crippen LogP contribution in [0.1, 0.15) is 51.7 Å². The zero-order chi connectivity index (χ0) is 47.3. The molecule has 0 spiro atoms. The van der Waals surface area contributed by atoms with Gasteiger partial charge in [-0.05, 0) is 81.3 Å². The van der Waals surface area contributed by atoms with E-state index < -0.39 is 0 Å². The third-order valence-electron chi connectivity index (χ3n) is 13.9. The highest BCUT2D eigenvalue weighted by Gasteiger charge is 2.42. The predicted octanol–water partition coefficient (Wildman–Crippen LogP) is 12.5. The number of benzene rings is 8. The highest BCUT2D eigenvalue weighted by Crippen LogP contribution is 2.42. The standard InChI is InChI=1S/C61H46BN7O/c1-36(2)42-33-50-53-52(34-42)70-51-29-27-44(61(3,4)5)35-47(51)62(53)48-32-43(60-67-57(39-22-14-8-15-23-39)64-58(68-60)40-24-16-9-17-25-40)31-46-45-30-41(26-28-49(45)69(50)54(46)48)59-65-55(37-18-10-6-11-19-37)63-56(66-59)38-20-12-7-13-21-38/h6-36H,1-5H3. The molecule has 0 atom stereocenters. The summed E-state index contributed by atoms with van der Waals surface area (Å²) in [4.78, 5) is 31.0. The number of ether oxygens (including phenoxy) is 1. The Morgan fingerprint density at radius 2 is 0.929 bits per heavy atom. The molecule has 334 valence electrons. The van der Waals surface area contributed by atoms with Gasteiger partial charge in [0.15, 0.2) is 34.9 Å². The molecule has 0 saturated carbocycles. The number of nitrogens with zero attached hydrogens (tertiary/aromatic N) is 7. The Labute approximate surface area is 406 Å². The normalized spacial score (nSPS) is 12.6. The first-order valence-electron chi connectivity index (χ1n) is 24.0. The van der Waals surface area contributed by atoms with Gasteiger partial charge in [-0.1, -0.05) is 174 Å². The Morgan fingerprint density at radius 3 is 1.43 bits per heavy atom. The van der Waals surface area contributed by atoms with E-state index in [0.29, 0.717) is 34.9 Å². The van der Waals surface area contributed by atoms with E-state index in [1.807, 2.05) is 97.1 Å². The molecule has 8 nitrogen and oxygen atoms in total. The van der Waals surface area contributed by atoms with Crippen molar-refractivity contribution in [2.45, 2.75) is 46.0 Å². The Bertz CT molecular complexity index is 3750. The van der Waals surface area contributed by atoms with Crippen LogP contribution in [0.2, 0.25) is 0 Å². The first kappa shape index (κ1) is 41.6. The van der Waals surface area contributed by atoms with E-state index in [1.54, 1.807) is 0 Å². The number of fused-ring (bicyclic) bond motifs is 7. The van der Waals surface area contributed by atoms with Gasteiger partial charge in [0.05, 0.1) is 5.52 Å². The van der Waals surface area contributed by atoms with Gasteiger partial charge < -0.3 is 9.30 Å². The lowest BCUT2D eigenvalue weighted by Crippen LogP contribution is -2.58. The van der Waals surface area contributed by atoms with Crippen molar-refractivity contribution in [3.05, 3.63) is 193 Å². The van der Waals surface area contributed by atoms with E-state index in [-0.39, 0.29) is 18.0 Å². The van der Waals surface area contributed by atoms with Gasteiger partial charge in [-0.15, -0.1) is 0 Å². The van der Waals surface area contributed by atoms with Crippen molar-refractivity contribution in [3.8, 4) is 85.5 Å². The van der Waals surface area contributed by atoms with Crippen LogP contribution in [-0.2, 0) is 5.41 Å². The maximum Gasteiger partial charge on any atom is 0.256 e. The van der Waals surface area contributed by atoms with Crippen molar-refractivity contribution in [1.82, 2.24) is 34.5 Å². The van der Waals surface area contributed by atoms with Gasteiger partial charge in [0.1, 0.15) is 11.5 Å². The van der Waals surface area contributed by atoms with Crippen LogP contribution in [-0.4, -0.2) is 41.2 Å². The summed E-state index contributed by atoms with van der Waals surface area (Å²) in [6.45, 7) is 11.2. The second kappa shape index (κ2) is 16.0. The second-order valence-corrected chi connectivity index (χ2v) is 19.7. The average Bonchev–Trinajstić information content (AvgIpc) is 3.74. The topological polar surface area (TPSA) is 91.5 Å². The van der Waals surface area contributed by atoms with Crippen molar-refractivity contribution < 1.29 is 4.74 Å². The molecular weight excluding hydrogens is 858 g/mol. The molecule has 11 aromatic rings. The van der Waals surface area contributed by atoms with Crippen molar-refractivity contribution in [2.75, 3.05) is 0 Å². The van der Waals surface area contributed by atoms with Crippen LogP contribution < -0.4 is 21.1 Å². The van der Waals surface area contributed by atoms with E-state index >= 15 is 0 Å². The fraction of sp³-hybridized carbons (Fsp3) is 0.115. The Balaban J connectivity index is 1.13. The quantitative estimate of drug-likeness (QED) is 0.147. The molecule has 0 unspecified atom stereocenters. The summed E-state index contributed by atoms with van der Waals surface area (Å²) in [5.41, 5.74) is 14.6. The number of rotatable bonds is 7. The minimum absolute atomic E-state index is 0.0842. The summed E-state index contributed by atoms with van der Waals surface area (Å²) in [6.07, 6.45) is 0. The first-order chi connectivity index (χ1) is 34.1. The summed E-state index contributed by atoms with van der Waals surface area (Å²) >= 11 is 0. The van der Waals surface area contributed by atoms with E-state index in [0.717, 1.165) is 88.8 Å². The lowest BCUT2D eigenvalue weighted by molar-refractivity contribution is 0.485. The summed E-state index contributed by atoms with van der Waals surface area (Å²) in [6, 6.07) is 63.3. The van der Waals surface area contributed by atoms with Crippen LogP contribution in [0, 0.1) is 0 Å². The maximum absolute atomic E-state index is 7.03. The van der Waals surface area contributed by atoms with Crippen LogP contribution in [0.5, 0.6) is 11.5 Å². The molecule has 0 aliphatic carbocycles. The highest BCUT2D eigenvalue weighted by molar-refractivity contribution is 6.99. The predicted molar refractivity (Wildman–Crippen MR) is 284 cm³/mol. The van der Waals surface area contributed by atoms with Crippen LogP contribution >= 0.6 is 0 Å². The molecule has 3 aromatic heterocycles. The van der Waals surface area contributed by atoms with Gasteiger partial charge in [0.25, 0.3) is 6.71 Å². The summed E-state index contributed by atoms with van der Waals surface area (Å²) in [5.74, 6) is 5.67. The molecule has 13 rings (SSSR count). The fourth-order valence-corrected chi connectivity index (χ4v) is 10.2. The van der Waals surface area contributed by atoms with Gasteiger partial charge in [-0.2, -0.15) is 0 Å². The monoisotopic (exact) mass is 903 g/mol. The molecule has 9 heteroatoms. The van der Waals surface area contributed by atoms with E-state index in [4.69, 9.17) is 34.6 Å². The molecule has 2 aliphatic heterocycles. The van der Waals surface area contributed by atoms with Gasteiger partial charge in [-0.25, -0.2) is 29.9 Å². The molecule has 2 aliphatic rings. The minimum Gasteiger partial charge on any atom is -0.458 e. The molecule has 0 bridgehead atoms. The zero-order valence-electron chi connectivity index (χ0n) is 39.5. The van der Waals surface area contributed by atoms with Gasteiger partial charge in [0.2, 0.25) is 0 Å². The van der Waals surface area contributed by atoms with E-state index in [1.165, 1.54) is 11.1 Å². The van der Waals surface area contributed by atoms with Crippen LogP contribution in [0.15, 0.2) is 182 Å². The van der Waals surface area contributed by atoms with Crippen LogP contribution in [0.25, 0.3) is 95.8 Å². The van der Waals surface area contributed by atoms with E-state index in [2.05, 4.69) is 124 Å². The highest BCUT2D eigenvalue weighted by atomic mass is 16.5. The van der Waals surface area contributed by atoms with Gasteiger partial charge >= 0.3 is 0 Å². The molecule has 0 N–H and O–H groups in total. The first-order valence-corrected chi connectivity index (χ1v) is 24.0. The Kier molecular flexibility index (Phi) is 9.53. The molecule has 0 radical (unpaired) electrons. The SMILES string of the molecule is CC(C)c1cc2c3c(c1)-n1c4ccc(-c5nc(-c6ccccc6)nc(-c6ccccc6)n5)cc4c4cc(-c5nc(-c6ccccc6)nc(-c6ccccc6)n5)cc(c41)B3c1cc(C(C)(C)C)ccc1O2. The van der Waals surface area contributed by atoms with Gasteiger partial charge in [-0.3, -0.25) is 0 Å². The van der Waals surface area contributed by atoms with Crippen molar-refractivity contribution in [2.24, 2.45) is 0 Å². The molecule has 0 saturated heterocycles. The van der Waals surface area contributed by atoms with Crippen LogP contribution in [0.3, 0.4) is 0 Å². The summed E-state index contributed by atoms with van der Waals surface area (Å²) in [5, 5.41) is 2.14. The Morgan fingerprint density at radius 1 is 0.443 bits per heavy atom. The molecule has 8 aromatic carbocycles. The smallest absolute Gasteiger partial charge is 0.256 e. The third-order valence-corrected chi connectivity index (χ3v) is 13.9. The molecule has 0 fully saturated rings. The van der Waals surface area contributed by atoms with Crippen LogP contribution in [0.4, 0.5) is 0 Å². The maximum atomic E-state index is 7.03. The van der Waals surface area contributed by atoms with Crippen molar-refractivity contribution in [3.63, 3.8) is 0 Å². The second-order valence-electron chi connectivity index (χ2n) is 19.7. The summed E-state index contributed by atoms with van der Waals surface area (Å²) < 4.78 is 9.50. The van der Waals surface area contributed by atoms with Gasteiger partial charge in [0, 0.05) is 55.4 Å². The molecule has 70 heavy (non-hydrogen) atoms. The third kappa shape index (κ3) is 6.91. The summed E-state index contributed by atoms with van der Waals surface area (Å²) in [7, 11) is 0. The lowest BCUT2D eigenvalue weighted by atomic mass is 9.34. The zero-order valence-corrected chi connectivity index (χ0v) is 39.5. The number of hydrogen-bond donors (Lipinski definition) is 0. The molecule has 5 heterocycles. The number of hydrogen-bond acceptors (Lipinski definition) is 7. The van der Waals surface area contributed by atoms with Crippen molar-refractivity contribution in [1.29, 1.82) is 0 Å².